The SMILES string of the molecule is CC(=O)c1ccc(NC(=O)Cn2c(-c3ccc(F)cc3)noc2=O)cc1. The summed E-state index contributed by atoms with van der Waals surface area (Å²) in [6.45, 7) is 1.12. The van der Waals surface area contributed by atoms with Gasteiger partial charge in [-0.1, -0.05) is 5.16 Å². The van der Waals surface area contributed by atoms with E-state index >= 15 is 0 Å². The molecule has 0 unspecified atom stereocenters. The lowest BCUT2D eigenvalue weighted by Crippen LogP contribution is -2.25. The van der Waals surface area contributed by atoms with Gasteiger partial charge in [-0.15, -0.1) is 0 Å². The number of aromatic nitrogens is 2. The van der Waals surface area contributed by atoms with Gasteiger partial charge in [-0.05, 0) is 55.5 Å². The second-order valence-electron chi connectivity index (χ2n) is 5.55. The molecular weight excluding hydrogens is 341 g/mol. The van der Waals surface area contributed by atoms with E-state index in [-0.39, 0.29) is 18.2 Å². The number of ketones is 1. The predicted molar refractivity (Wildman–Crippen MR) is 91.2 cm³/mol. The molecule has 1 aromatic heterocycles. The Labute approximate surface area is 147 Å². The maximum Gasteiger partial charge on any atom is 0.442 e. The maximum atomic E-state index is 13.0. The molecular formula is C18H14FN3O4. The van der Waals surface area contributed by atoms with Gasteiger partial charge in [0.2, 0.25) is 5.91 Å². The van der Waals surface area contributed by atoms with Crippen LogP contribution in [0.15, 0.2) is 57.8 Å². The van der Waals surface area contributed by atoms with Gasteiger partial charge < -0.3 is 5.32 Å². The topological polar surface area (TPSA) is 94.2 Å². The number of nitrogens with zero attached hydrogens (tertiary/aromatic N) is 2. The zero-order valence-electron chi connectivity index (χ0n) is 13.7. The van der Waals surface area contributed by atoms with Gasteiger partial charge in [0.15, 0.2) is 11.6 Å². The molecule has 0 aliphatic heterocycles. The van der Waals surface area contributed by atoms with Crippen LogP contribution in [0.25, 0.3) is 11.4 Å². The Morgan fingerprint density at radius 3 is 2.38 bits per heavy atom. The van der Waals surface area contributed by atoms with Crippen LogP contribution in [0.3, 0.4) is 0 Å². The summed E-state index contributed by atoms with van der Waals surface area (Å²) in [5.74, 6) is -1.67. The molecule has 0 bridgehead atoms. The number of Topliss-reactive ketones (excluding diaryl/α,β-unsaturated/α-hetero) is 1. The molecule has 26 heavy (non-hydrogen) atoms. The molecule has 1 heterocycles. The Bertz CT molecular complexity index is 1000. The molecule has 3 aromatic rings. The second-order valence-corrected chi connectivity index (χ2v) is 5.55. The van der Waals surface area contributed by atoms with Crippen molar-refractivity contribution in [1.29, 1.82) is 0 Å². The summed E-state index contributed by atoms with van der Waals surface area (Å²) in [6, 6.07) is 11.7. The summed E-state index contributed by atoms with van der Waals surface area (Å²) in [5, 5.41) is 6.26. The van der Waals surface area contributed by atoms with Gasteiger partial charge in [0.1, 0.15) is 12.4 Å². The molecule has 0 aliphatic rings. The number of anilines is 1. The number of halogens is 1. The molecule has 0 aliphatic carbocycles. The van der Waals surface area contributed by atoms with Gasteiger partial charge in [0.25, 0.3) is 0 Å². The van der Waals surface area contributed by atoms with Crippen molar-refractivity contribution in [3.63, 3.8) is 0 Å². The average molecular weight is 355 g/mol. The number of rotatable bonds is 5. The third kappa shape index (κ3) is 3.75. The minimum atomic E-state index is -0.800. The van der Waals surface area contributed by atoms with E-state index in [1.54, 1.807) is 24.3 Å². The van der Waals surface area contributed by atoms with Crippen molar-refractivity contribution in [2.75, 3.05) is 5.32 Å². The highest BCUT2D eigenvalue weighted by Crippen LogP contribution is 2.16. The van der Waals surface area contributed by atoms with Crippen LogP contribution in [0.5, 0.6) is 0 Å². The van der Waals surface area contributed by atoms with E-state index in [4.69, 9.17) is 0 Å². The smallest absolute Gasteiger partial charge is 0.325 e. The lowest BCUT2D eigenvalue weighted by atomic mass is 10.1. The van der Waals surface area contributed by atoms with Crippen LogP contribution in [0.4, 0.5) is 10.1 Å². The van der Waals surface area contributed by atoms with Gasteiger partial charge in [-0.25, -0.2) is 13.8 Å². The third-order valence-corrected chi connectivity index (χ3v) is 3.67. The van der Waals surface area contributed by atoms with Crippen molar-refractivity contribution in [2.45, 2.75) is 13.5 Å². The highest BCUT2D eigenvalue weighted by Gasteiger charge is 2.16. The average Bonchev–Trinajstić information content (AvgIpc) is 2.97. The van der Waals surface area contributed by atoms with E-state index in [0.29, 0.717) is 16.8 Å². The quantitative estimate of drug-likeness (QED) is 0.710. The van der Waals surface area contributed by atoms with Gasteiger partial charge in [0.05, 0.1) is 0 Å². The lowest BCUT2D eigenvalue weighted by molar-refractivity contribution is -0.116. The molecule has 0 saturated carbocycles. The fourth-order valence-electron chi connectivity index (χ4n) is 2.35. The molecule has 0 radical (unpaired) electrons. The minimum absolute atomic E-state index is 0.0807. The number of nitrogens with one attached hydrogen (secondary N) is 1. The number of carbonyl (C=O) groups is 2. The number of hydrogen-bond donors (Lipinski definition) is 1. The van der Waals surface area contributed by atoms with Crippen LogP contribution < -0.4 is 11.1 Å². The Balaban J connectivity index is 1.77. The molecule has 1 N–H and O–H groups in total. The first-order chi connectivity index (χ1) is 12.4. The van der Waals surface area contributed by atoms with E-state index in [9.17, 15) is 18.8 Å². The Kier molecular flexibility index (Phi) is 4.74. The molecule has 1 amide bonds. The molecule has 2 aromatic carbocycles. The maximum absolute atomic E-state index is 13.0. The van der Waals surface area contributed by atoms with Crippen molar-refractivity contribution in [3.05, 3.63) is 70.5 Å². The summed E-state index contributed by atoms with van der Waals surface area (Å²) < 4.78 is 18.7. The summed E-state index contributed by atoms with van der Waals surface area (Å²) in [6.07, 6.45) is 0. The van der Waals surface area contributed by atoms with Crippen molar-refractivity contribution in [3.8, 4) is 11.4 Å². The van der Waals surface area contributed by atoms with Gasteiger partial charge >= 0.3 is 5.76 Å². The van der Waals surface area contributed by atoms with Crippen LogP contribution in [0.2, 0.25) is 0 Å². The highest BCUT2D eigenvalue weighted by atomic mass is 19.1. The number of hydrogen-bond acceptors (Lipinski definition) is 5. The summed E-state index contributed by atoms with van der Waals surface area (Å²) >= 11 is 0. The van der Waals surface area contributed by atoms with E-state index in [1.807, 2.05) is 0 Å². The molecule has 0 saturated heterocycles. The molecule has 8 heteroatoms. The number of amides is 1. The van der Waals surface area contributed by atoms with Crippen LogP contribution in [-0.4, -0.2) is 21.4 Å². The second kappa shape index (κ2) is 7.14. The Morgan fingerprint density at radius 1 is 1.12 bits per heavy atom. The van der Waals surface area contributed by atoms with Crippen molar-refractivity contribution < 1.29 is 18.5 Å². The molecule has 0 atom stereocenters. The highest BCUT2D eigenvalue weighted by molar-refractivity contribution is 5.95. The van der Waals surface area contributed by atoms with Gasteiger partial charge in [-0.3, -0.25) is 14.1 Å². The first kappa shape index (κ1) is 17.3. The fraction of sp³-hybridized carbons (Fsp3) is 0.111. The zero-order valence-corrected chi connectivity index (χ0v) is 13.7. The molecule has 0 spiro atoms. The largest absolute Gasteiger partial charge is 0.442 e. The minimum Gasteiger partial charge on any atom is -0.325 e. The van der Waals surface area contributed by atoms with Crippen LogP contribution in [0.1, 0.15) is 17.3 Å². The summed E-state index contributed by atoms with van der Waals surface area (Å²) in [4.78, 5) is 35.3. The summed E-state index contributed by atoms with van der Waals surface area (Å²) in [5.41, 5.74) is 1.44. The third-order valence-electron chi connectivity index (χ3n) is 3.67. The van der Waals surface area contributed by atoms with Crippen molar-refractivity contribution in [2.24, 2.45) is 0 Å². The molecule has 7 nitrogen and oxygen atoms in total. The standard InChI is InChI=1S/C18H14FN3O4/c1-11(23)12-4-8-15(9-5-12)20-16(24)10-22-17(21-26-18(22)25)13-2-6-14(19)7-3-13/h2-9H,10H2,1H3,(H,20,24). The summed E-state index contributed by atoms with van der Waals surface area (Å²) in [7, 11) is 0. The van der Waals surface area contributed by atoms with Crippen LogP contribution in [0, 0.1) is 5.82 Å². The van der Waals surface area contributed by atoms with Crippen molar-refractivity contribution >= 4 is 17.4 Å². The molecule has 3 rings (SSSR count). The Hall–Kier alpha value is -3.55. The van der Waals surface area contributed by atoms with Crippen molar-refractivity contribution in [1.82, 2.24) is 9.72 Å². The lowest BCUT2D eigenvalue weighted by Gasteiger charge is -2.07. The fourth-order valence-corrected chi connectivity index (χ4v) is 2.35. The molecule has 0 fully saturated rings. The van der Waals surface area contributed by atoms with Crippen LogP contribution in [-0.2, 0) is 11.3 Å². The monoisotopic (exact) mass is 355 g/mol. The first-order valence-corrected chi connectivity index (χ1v) is 7.67. The van der Waals surface area contributed by atoms with Crippen LogP contribution >= 0.6 is 0 Å². The number of carbonyl (C=O) groups excluding carboxylic acids is 2. The van der Waals surface area contributed by atoms with Gasteiger partial charge in [-0.2, -0.15) is 0 Å². The Morgan fingerprint density at radius 2 is 1.77 bits per heavy atom. The first-order valence-electron chi connectivity index (χ1n) is 7.67. The predicted octanol–water partition coefficient (Wildman–Crippen LogP) is 2.48. The van der Waals surface area contributed by atoms with E-state index < -0.39 is 17.5 Å². The molecule has 132 valence electrons. The van der Waals surface area contributed by atoms with E-state index in [2.05, 4.69) is 15.0 Å². The zero-order chi connectivity index (χ0) is 18.7. The van der Waals surface area contributed by atoms with Gasteiger partial charge in [0, 0.05) is 16.8 Å². The number of benzene rings is 2. The normalized spacial score (nSPS) is 10.5. The van der Waals surface area contributed by atoms with E-state index in [1.165, 1.54) is 31.2 Å². The van der Waals surface area contributed by atoms with E-state index in [0.717, 1.165) is 4.57 Å².